The Morgan fingerprint density at radius 2 is 1.85 bits per heavy atom. The van der Waals surface area contributed by atoms with Crippen LogP contribution in [0.1, 0.15) is 89.7 Å². The Hall–Kier alpha value is -1.92. The molecule has 1 N–H and O–H groups in total. The Kier molecular flexibility index (Phi) is 12.5. The molecule has 1 aromatic rings. The molecule has 1 fully saturated rings. The van der Waals surface area contributed by atoms with E-state index in [-0.39, 0.29) is 23.8 Å². The van der Waals surface area contributed by atoms with Gasteiger partial charge in [-0.05, 0) is 62.5 Å². The summed E-state index contributed by atoms with van der Waals surface area (Å²) in [7, 11) is 0. The molecule has 2 unspecified atom stereocenters. The lowest BCUT2D eigenvalue weighted by Crippen LogP contribution is -2.38. The molecule has 1 aliphatic heterocycles. The molecule has 2 atom stereocenters. The molecule has 1 aromatic carbocycles. The number of nitrogens with one attached hydrogen (secondary N) is 1. The second-order valence-electron chi connectivity index (χ2n) is 9.65. The Bertz CT molecular complexity index is 705. The van der Waals surface area contributed by atoms with Crippen molar-refractivity contribution in [1.82, 2.24) is 10.2 Å². The molecule has 1 aliphatic rings. The number of rotatable bonds is 15. The number of carbonyl (C=O) groups excluding carboxylic acids is 2. The van der Waals surface area contributed by atoms with E-state index < -0.39 is 0 Å². The highest BCUT2D eigenvalue weighted by atomic mass is 17.2. The molecule has 2 rings (SSSR count). The standard InChI is InChI=1S/C27H44N2O4/c1-5-18-32-33-20-25-10-9-17-29(25)26(30)11-7-6-8-16-28-27(31)22(4)24-14-12-23(13-15-24)19-21(2)3/h12-15,21-22,25H,5-11,16-20H2,1-4H3,(H,28,31). The molecule has 33 heavy (non-hydrogen) atoms. The van der Waals surface area contributed by atoms with Crippen molar-refractivity contribution in [2.45, 2.75) is 91.0 Å². The van der Waals surface area contributed by atoms with Crippen LogP contribution in [0.3, 0.4) is 0 Å². The number of amides is 2. The van der Waals surface area contributed by atoms with Crippen molar-refractivity contribution in [3.63, 3.8) is 0 Å². The van der Waals surface area contributed by atoms with Crippen LogP contribution in [-0.2, 0) is 25.8 Å². The number of benzene rings is 1. The number of unbranched alkanes of at least 4 members (excludes halogenated alkanes) is 2. The van der Waals surface area contributed by atoms with Crippen LogP contribution < -0.4 is 5.32 Å². The van der Waals surface area contributed by atoms with Gasteiger partial charge in [0.1, 0.15) is 6.61 Å². The topological polar surface area (TPSA) is 67.9 Å². The molecule has 0 aromatic heterocycles. The second-order valence-corrected chi connectivity index (χ2v) is 9.65. The molecular formula is C27H44N2O4. The summed E-state index contributed by atoms with van der Waals surface area (Å²) in [6.45, 7) is 10.9. The number of nitrogens with zero attached hydrogens (tertiary/aromatic N) is 1. The highest BCUT2D eigenvalue weighted by Crippen LogP contribution is 2.20. The maximum atomic E-state index is 12.6. The number of hydrogen-bond acceptors (Lipinski definition) is 4. The first-order valence-electron chi connectivity index (χ1n) is 12.8. The predicted octanol–water partition coefficient (Wildman–Crippen LogP) is 5.01. The van der Waals surface area contributed by atoms with Crippen LogP contribution in [0, 0.1) is 5.92 Å². The molecule has 0 spiro atoms. The van der Waals surface area contributed by atoms with Gasteiger partial charge in [-0.15, -0.1) is 0 Å². The van der Waals surface area contributed by atoms with Crippen molar-refractivity contribution < 1.29 is 19.4 Å². The van der Waals surface area contributed by atoms with E-state index in [1.165, 1.54) is 5.56 Å². The van der Waals surface area contributed by atoms with Crippen molar-refractivity contribution in [2.75, 3.05) is 26.3 Å². The fourth-order valence-electron chi connectivity index (χ4n) is 4.26. The minimum atomic E-state index is -0.157. The summed E-state index contributed by atoms with van der Waals surface area (Å²) in [5.41, 5.74) is 2.36. The summed E-state index contributed by atoms with van der Waals surface area (Å²) in [4.78, 5) is 37.4. The van der Waals surface area contributed by atoms with E-state index in [9.17, 15) is 9.59 Å². The Balaban J connectivity index is 1.60. The predicted molar refractivity (Wildman–Crippen MR) is 132 cm³/mol. The monoisotopic (exact) mass is 460 g/mol. The van der Waals surface area contributed by atoms with Crippen LogP contribution in [0.4, 0.5) is 0 Å². The number of likely N-dealkylation sites (tertiary alicyclic amines) is 1. The van der Waals surface area contributed by atoms with E-state index in [0.717, 1.165) is 57.1 Å². The summed E-state index contributed by atoms with van der Waals surface area (Å²) in [5.74, 6) is 0.737. The quantitative estimate of drug-likeness (QED) is 0.227. The van der Waals surface area contributed by atoms with Gasteiger partial charge in [-0.2, -0.15) is 0 Å². The number of hydrogen-bond donors (Lipinski definition) is 1. The zero-order valence-electron chi connectivity index (χ0n) is 21.1. The largest absolute Gasteiger partial charge is 0.356 e. The van der Waals surface area contributed by atoms with Gasteiger partial charge >= 0.3 is 0 Å². The lowest BCUT2D eigenvalue weighted by molar-refractivity contribution is -0.299. The molecule has 186 valence electrons. The van der Waals surface area contributed by atoms with Crippen LogP contribution in [0.5, 0.6) is 0 Å². The first-order chi connectivity index (χ1) is 15.9. The van der Waals surface area contributed by atoms with Gasteiger partial charge in [0.25, 0.3) is 0 Å². The van der Waals surface area contributed by atoms with Crippen LogP contribution >= 0.6 is 0 Å². The van der Waals surface area contributed by atoms with Crippen LogP contribution in [0.25, 0.3) is 0 Å². The molecule has 0 aliphatic carbocycles. The SMILES string of the molecule is CCCOOCC1CCCN1C(=O)CCCCCNC(=O)C(C)c1ccc(CC(C)C)cc1. The van der Waals surface area contributed by atoms with E-state index in [0.29, 0.717) is 32.1 Å². The minimum absolute atomic E-state index is 0.0629. The van der Waals surface area contributed by atoms with Crippen molar-refractivity contribution in [2.24, 2.45) is 5.92 Å². The summed E-state index contributed by atoms with van der Waals surface area (Å²) in [6, 6.07) is 8.53. The second kappa shape index (κ2) is 15.1. The van der Waals surface area contributed by atoms with Crippen molar-refractivity contribution in [3.8, 4) is 0 Å². The third-order valence-corrected chi connectivity index (χ3v) is 6.21. The maximum Gasteiger partial charge on any atom is 0.227 e. The molecule has 0 bridgehead atoms. The van der Waals surface area contributed by atoms with Gasteiger partial charge in [0.15, 0.2) is 0 Å². The molecular weight excluding hydrogens is 416 g/mol. The van der Waals surface area contributed by atoms with Crippen LogP contribution in [0.2, 0.25) is 0 Å². The van der Waals surface area contributed by atoms with Crippen molar-refractivity contribution >= 4 is 11.8 Å². The summed E-state index contributed by atoms with van der Waals surface area (Å²) in [5, 5.41) is 3.05. The zero-order valence-corrected chi connectivity index (χ0v) is 21.1. The Morgan fingerprint density at radius 1 is 1.09 bits per heavy atom. The molecule has 0 saturated carbocycles. The first-order valence-corrected chi connectivity index (χ1v) is 12.8. The van der Waals surface area contributed by atoms with E-state index in [1.54, 1.807) is 0 Å². The van der Waals surface area contributed by atoms with E-state index in [1.807, 2.05) is 18.7 Å². The van der Waals surface area contributed by atoms with Gasteiger partial charge < -0.3 is 10.2 Å². The first kappa shape index (κ1) is 27.3. The fraction of sp³-hybridized carbons (Fsp3) is 0.704. The third kappa shape index (κ3) is 9.85. The van der Waals surface area contributed by atoms with Crippen LogP contribution in [0.15, 0.2) is 24.3 Å². The van der Waals surface area contributed by atoms with E-state index in [4.69, 9.17) is 9.78 Å². The van der Waals surface area contributed by atoms with Crippen molar-refractivity contribution in [3.05, 3.63) is 35.4 Å². The fourth-order valence-corrected chi connectivity index (χ4v) is 4.26. The number of carbonyl (C=O) groups is 2. The zero-order chi connectivity index (χ0) is 24.1. The molecule has 1 heterocycles. The summed E-state index contributed by atoms with van der Waals surface area (Å²) in [6.07, 6.45) is 7.19. The average Bonchev–Trinajstić information content (AvgIpc) is 3.27. The summed E-state index contributed by atoms with van der Waals surface area (Å²) >= 11 is 0. The van der Waals surface area contributed by atoms with Gasteiger partial charge in [0, 0.05) is 19.5 Å². The van der Waals surface area contributed by atoms with Crippen LogP contribution in [-0.4, -0.2) is 49.1 Å². The molecule has 6 nitrogen and oxygen atoms in total. The lowest BCUT2D eigenvalue weighted by atomic mass is 9.96. The van der Waals surface area contributed by atoms with E-state index in [2.05, 4.69) is 43.4 Å². The van der Waals surface area contributed by atoms with E-state index >= 15 is 0 Å². The normalized spacial score (nSPS) is 16.9. The summed E-state index contributed by atoms with van der Waals surface area (Å²) < 4.78 is 0. The Labute approximate surface area is 200 Å². The molecule has 6 heteroatoms. The highest BCUT2D eigenvalue weighted by Gasteiger charge is 2.28. The Morgan fingerprint density at radius 3 is 2.55 bits per heavy atom. The van der Waals surface area contributed by atoms with Gasteiger partial charge in [0.2, 0.25) is 11.8 Å². The minimum Gasteiger partial charge on any atom is -0.356 e. The molecule has 1 saturated heterocycles. The van der Waals surface area contributed by atoms with Crippen molar-refractivity contribution in [1.29, 1.82) is 0 Å². The average molecular weight is 461 g/mol. The smallest absolute Gasteiger partial charge is 0.227 e. The lowest BCUT2D eigenvalue weighted by Gasteiger charge is -2.24. The molecule has 0 radical (unpaired) electrons. The maximum absolute atomic E-state index is 12.6. The van der Waals surface area contributed by atoms with Gasteiger partial charge in [-0.1, -0.05) is 51.5 Å². The third-order valence-electron chi connectivity index (χ3n) is 6.21. The molecule has 2 amide bonds. The van der Waals surface area contributed by atoms with Gasteiger partial charge in [0.05, 0.1) is 18.6 Å². The van der Waals surface area contributed by atoms with Gasteiger partial charge in [-0.25, -0.2) is 9.78 Å². The highest BCUT2D eigenvalue weighted by molar-refractivity contribution is 5.83. The van der Waals surface area contributed by atoms with Gasteiger partial charge in [-0.3, -0.25) is 9.59 Å².